The molecule has 0 aromatic heterocycles. The fourth-order valence-electron chi connectivity index (χ4n) is 2.13. The highest BCUT2D eigenvalue weighted by molar-refractivity contribution is 6.31. The van der Waals surface area contributed by atoms with Crippen LogP contribution < -0.4 is 5.32 Å². The first kappa shape index (κ1) is 15.5. The first-order valence-electron chi connectivity index (χ1n) is 7.18. The molecule has 102 valence electrons. The van der Waals surface area contributed by atoms with Crippen LogP contribution in [0.15, 0.2) is 18.2 Å². The summed E-state index contributed by atoms with van der Waals surface area (Å²) in [7, 11) is 0. The molecule has 18 heavy (non-hydrogen) atoms. The monoisotopic (exact) mass is 267 g/mol. The van der Waals surface area contributed by atoms with Crippen LogP contribution in [-0.2, 0) is 0 Å². The van der Waals surface area contributed by atoms with Crippen LogP contribution in [0.5, 0.6) is 0 Å². The van der Waals surface area contributed by atoms with E-state index in [4.69, 9.17) is 11.6 Å². The second kappa shape index (κ2) is 8.55. The SMILES string of the molecule is CCCCCC(NCCC)c1ccc(C)c(Cl)c1. The van der Waals surface area contributed by atoms with Crippen LogP contribution in [0.25, 0.3) is 0 Å². The molecular weight excluding hydrogens is 242 g/mol. The second-order valence-electron chi connectivity index (χ2n) is 5.01. The van der Waals surface area contributed by atoms with Crippen LogP contribution in [0.2, 0.25) is 5.02 Å². The maximum absolute atomic E-state index is 6.23. The maximum Gasteiger partial charge on any atom is 0.0438 e. The van der Waals surface area contributed by atoms with Crippen LogP contribution in [-0.4, -0.2) is 6.54 Å². The second-order valence-corrected chi connectivity index (χ2v) is 5.42. The van der Waals surface area contributed by atoms with E-state index in [0.29, 0.717) is 6.04 Å². The zero-order chi connectivity index (χ0) is 13.4. The summed E-state index contributed by atoms with van der Waals surface area (Å²) in [5.41, 5.74) is 2.48. The number of aryl methyl sites for hydroxylation is 1. The zero-order valence-corrected chi connectivity index (χ0v) is 12.7. The molecule has 0 aliphatic heterocycles. The summed E-state index contributed by atoms with van der Waals surface area (Å²) >= 11 is 6.23. The van der Waals surface area contributed by atoms with Crippen molar-refractivity contribution in [1.29, 1.82) is 0 Å². The number of halogens is 1. The van der Waals surface area contributed by atoms with E-state index in [1.54, 1.807) is 0 Å². The lowest BCUT2D eigenvalue weighted by Gasteiger charge is -2.19. The number of nitrogens with one attached hydrogen (secondary N) is 1. The summed E-state index contributed by atoms with van der Waals surface area (Å²) < 4.78 is 0. The highest BCUT2D eigenvalue weighted by Crippen LogP contribution is 2.25. The molecule has 0 fully saturated rings. The molecule has 0 aliphatic carbocycles. The van der Waals surface area contributed by atoms with Crippen LogP contribution in [0.3, 0.4) is 0 Å². The molecule has 0 saturated heterocycles. The van der Waals surface area contributed by atoms with Gasteiger partial charge in [0.05, 0.1) is 0 Å². The summed E-state index contributed by atoms with van der Waals surface area (Å²) in [4.78, 5) is 0. The third-order valence-electron chi connectivity index (χ3n) is 3.34. The van der Waals surface area contributed by atoms with Crippen molar-refractivity contribution in [2.24, 2.45) is 0 Å². The van der Waals surface area contributed by atoms with Crippen molar-refractivity contribution in [2.45, 2.75) is 58.9 Å². The lowest BCUT2D eigenvalue weighted by molar-refractivity contribution is 0.474. The van der Waals surface area contributed by atoms with Gasteiger partial charge in [-0.05, 0) is 43.5 Å². The molecule has 0 heterocycles. The number of hydrogen-bond acceptors (Lipinski definition) is 1. The van der Waals surface area contributed by atoms with Crippen LogP contribution >= 0.6 is 11.6 Å². The molecule has 1 unspecified atom stereocenters. The highest BCUT2D eigenvalue weighted by Gasteiger charge is 2.11. The number of unbranched alkanes of at least 4 members (excludes halogenated alkanes) is 2. The smallest absolute Gasteiger partial charge is 0.0438 e. The molecule has 1 N–H and O–H groups in total. The predicted molar refractivity (Wildman–Crippen MR) is 81.4 cm³/mol. The van der Waals surface area contributed by atoms with Gasteiger partial charge < -0.3 is 5.32 Å². The van der Waals surface area contributed by atoms with Crippen molar-refractivity contribution < 1.29 is 0 Å². The quantitative estimate of drug-likeness (QED) is 0.633. The standard InChI is InChI=1S/C16H26ClN/c1-4-6-7-8-16(18-11-5-2)14-10-9-13(3)15(17)12-14/h9-10,12,16,18H,4-8,11H2,1-3H3. The number of hydrogen-bond donors (Lipinski definition) is 1. The summed E-state index contributed by atoms with van der Waals surface area (Å²) in [6.45, 7) is 7.58. The molecule has 0 amide bonds. The molecule has 0 spiro atoms. The zero-order valence-electron chi connectivity index (χ0n) is 11.9. The Kier molecular flexibility index (Phi) is 7.38. The Labute approximate surface area is 117 Å². The Morgan fingerprint density at radius 3 is 2.56 bits per heavy atom. The van der Waals surface area contributed by atoms with Crippen molar-refractivity contribution in [3.05, 3.63) is 34.3 Å². The molecule has 0 saturated carbocycles. The van der Waals surface area contributed by atoms with Crippen molar-refractivity contribution in [3.63, 3.8) is 0 Å². The topological polar surface area (TPSA) is 12.0 Å². The van der Waals surface area contributed by atoms with Crippen molar-refractivity contribution in [1.82, 2.24) is 5.32 Å². The molecule has 1 nitrogen and oxygen atoms in total. The predicted octanol–water partition coefficient (Wildman–Crippen LogP) is 5.27. The molecule has 0 aliphatic rings. The van der Waals surface area contributed by atoms with E-state index < -0.39 is 0 Å². The summed E-state index contributed by atoms with van der Waals surface area (Å²) in [6, 6.07) is 6.91. The summed E-state index contributed by atoms with van der Waals surface area (Å²) in [6.07, 6.45) is 6.24. The van der Waals surface area contributed by atoms with Gasteiger partial charge in [0.1, 0.15) is 0 Å². The van der Waals surface area contributed by atoms with Crippen LogP contribution in [0.1, 0.15) is 63.1 Å². The third kappa shape index (κ3) is 4.99. The highest BCUT2D eigenvalue weighted by atomic mass is 35.5. The molecule has 0 bridgehead atoms. The fraction of sp³-hybridized carbons (Fsp3) is 0.625. The van der Waals surface area contributed by atoms with E-state index in [-0.39, 0.29) is 0 Å². The fourth-order valence-corrected chi connectivity index (χ4v) is 2.32. The van der Waals surface area contributed by atoms with Crippen molar-refractivity contribution in [3.8, 4) is 0 Å². The van der Waals surface area contributed by atoms with E-state index in [1.807, 2.05) is 0 Å². The Morgan fingerprint density at radius 1 is 1.17 bits per heavy atom. The van der Waals surface area contributed by atoms with E-state index in [0.717, 1.165) is 17.1 Å². The van der Waals surface area contributed by atoms with Gasteiger partial charge in [0.15, 0.2) is 0 Å². The van der Waals surface area contributed by atoms with E-state index in [1.165, 1.54) is 37.7 Å². The van der Waals surface area contributed by atoms with Gasteiger partial charge in [-0.1, -0.05) is 56.8 Å². The van der Waals surface area contributed by atoms with Gasteiger partial charge in [-0.3, -0.25) is 0 Å². The van der Waals surface area contributed by atoms with Gasteiger partial charge in [-0.15, -0.1) is 0 Å². The van der Waals surface area contributed by atoms with E-state index in [2.05, 4.69) is 44.3 Å². The maximum atomic E-state index is 6.23. The van der Waals surface area contributed by atoms with Gasteiger partial charge in [0, 0.05) is 11.1 Å². The largest absolute Gasteiger partial charge is 0.310 e. The van der Waals surface area contributed by atoms with Gasteiger partial charge >= 0.3 is 0 Å². The van der Waals surface area contributed by atoms with Gasteiger partial charge in [0.25, 0.3) is 0 Å². The Bertz CT molecular complexity index is 349. The van der Waals surface area contributed by atoms with E-state index in [9.17, 15) is 0 Å². The molecule has 1 atom stereocenters. The normalized spacial score (nSPS) is 12.7. The average molecular weight is 268 g/mol. The molecule has 1 aromatic carbocycles. The lowest BCUT2D eigenvalue weighted by Crippen LogP contribution is -2.22. The first-order chi connectivity index (χ1) is 8.69. The third-order valence-corrected chi connectivity index (χ3v) is 3.74. The molecular formula is C16H26ClN. The molecule has 2 heteroatoms. The van der Waals surface area contributed by atoms with Crippen molar-refractivity contribution in [2.75, 3.05) is 6.54 Å². The minimum Gasteiger partial charge on any atom is -0.310 e. The molecule has 1 rings (SSSR count). The minimum absolute atomic E-state index is 0.453. The molecule has 0 radical (unpaired) electrons. The lowest BCUT2D eigenvalue weighted by atomic mass is 9.99. The minimum atomic E-state index is 0.453. The summed E-state index contributed by atoms with van der Waals surface area (Å²) in [5, 5.41) is 4.51. The Morgan fingerprint density at radius 2 is 1.94 bits per heavy atom. The van der Waals surface area contributed by atoms with E-state index >= 15 is 0 Å². The summed E-state index contributed by atoms with van der Waals surface area (Å²) in [5.74, 6) is 0. The number of benzene rings is 1. The van der Waals surface area contributed by atoms with Crippen molar-refractivity contribution >= 4 is 11.6 Å². The van der Waals surface area contributed by atoms with Crippen LogP contribution in [0, 0.1) is 6.92 Å². The average Bonchev–Trinajstić information content (AvgIpc) is 2.37. The van der Waals surface area contributed by atoms with Gasteiger partial charge in [0.2, 0.25) is 0 Å². The Balaban J connectivity index is 2.70. The number of rotatable bonds is 8. The van der Waals surface area contributed by atoms with Gasteiger partial charge in [-0.25, -0.2) is 0 Å². The van der Waals surface area contributed by atoms with Crippen LogP contribution in [0.4, 0.5) is 0 Å². The Hall–Kier alpha value is -0.530. The first-order valence-corrected chi connectivity index (χ1v) is 7.56. The molecule has 1 aromatic rings. The van der Waals surface area contributed by atoms with Gasteiger partial charge in [-0.2, -0.15) is 0 Å².